The van der Waals surface area contributed by atoms with Crippen molar-refractivity contribution in [2.75, 3.05) is 18.5 Å². The van der Waals surface area contributed by atoms with E-state index in [1.807, 2.05) is 0 Å². The van der Waals surface area contributed by atoms with Gasteiger partial charge in [0.2, 0.25) is 0 Å². The molecule has 0 aliphatic carbocycles. The standard InChI is InChI=1S/C16H12BrClFNO4/c17-13-7-11(19)4-5-14(13)23-9-16(22)24-8-15(21)20-12-3-1-2-10(18)6-12/h1-7H,8-9H2,(H,20,21). The van der Waals surface area contributed by atoms with Gasteiger partial charge in [-0.15, -0.1) is 0 Å². The third kappa shape index (κ3) is 5.82. The Balaban J connectivity index is 1.75. The van der Waals surface area contributed by atoms with Crippen molar-refractivity contribution >= 4 is 45.1 Å². The number of hydrogen-bond donors (Lipinski definition) is 1. The fraction of sp³-hybridized carbons (Fsp3) is 0.125. The highest BCUT2D eigenvalue weighted by Crippen LogP contribution is 2.25. The van der Waals surface area contributed by atoms with Crippen LogP contribution in [0.1, 0.15) is 0 Å². The van der Waals surface area contributed by atoms with E-state index < -0.39 is 30.9 Å². The van der Waals surface area contributed by atoms with E-state index in [2.05, 4.69) is 21.2 Å². The molecule has 0 aromatic heterocycles. The van der Waals surface area contributed by atoms with Crippen LogP contribution in [0.5, 0.6) is 5.75 Å². The maximum absolute atomic E-state index is 12.9. The van der Waals surface area contributed by atoms with Crippen molar-refractivity contribution in [1.82, 2.24) is 0 Å². The zero-order valence-electron chi connectivity index (χ0n) is 12.2. The molecule has 0 heterocycles. The lowest BCUT2D eigenvalue weighted by atomic mass is 10.3. The van der Waals surface area contributed by atoms with Crippen LogP contribution >= 0.6 is 27.5 Å². The van der Waals surface area contributed by atoms with Crippen LogP contribution in [0.4, 0.5) is 10.1 Å². The van der Waals surface area contributed by atoms with Crippen molar-refractivity contribution in [3.63, 3.8) is 0 Å². The second-order valence-corrected chi connectivity index (χ2v) is 5.87. The predicted molar refractivity (Wildman–Crippen MR) is 90.6 cm³/mol. The first-order valence-electron chi connectivity index (χ1n) is 6.73. The number of carbonyl (C=O) groups is 2. The van der Waals surface area contributed by atoms with Gasteiger partial charge in [-0.1, -0.05) is 17.7 Å². The second kappa shape index (κ2) is 8.65. The number of hydrogen-bond acceptors (Lipinski definition) is 4. The molecule has 5 nitrogen and oxygen atoms in total. The molecule has 1 amide bonds. The average Bonchev–Trinajstić information content (AvgIpc) is 2.52. The summed E-state index contributed by atoms with van der Waals surface area (Å²) in [4.78, 5) is 23.2. The molecule has 0 saturated heterocycles. The highest BCUT2D eigenvalue weighted by molar-refractivity contribution is 9.10. The summed E-state index contributed by atoms with van der Waals surface area (Å²) in [5.41, 5.74) is 0.495. The molecule has 0 spiro atoms. The van der Waals surface area contributed by atoms with Gasteiger partial charge in [-0.05, 0) is 52.3 Å². The zero-order chi connectivity index (χ0) is 17.5. The molecule has 0 fully saturated rings. The lowest BCUT2D eigenvalue weighted by molar-refractivity contribution is -0.149. The first kappa shape index (κ1) is 18.2. The van der Waals surface area contributed by atoms with Crippen LogP contribution in [0.2, 0.25) is 5.02 Å². The molecule has 0 radical (unpaired) electrons. The molecule has 0 aliphatic rings. The van der Waals surface area contributed by atoms with E-state index >= 15 is 0 Å². The molecule has 2 rings (SSSR count). The number of halogens is 3. The summed E-state index contributed by atoms with van der Waals surface area (Å²) in [6.45, 7) is -0.867. The molecule has 0 aliphatic heterocycles. The Morgan fingerprint density at radius 3 is 2.67 bits per heavy atom. The Labute approximate surface area is 150 Å². The molecule has 24 heavy (non-hydrogen) atoms. The average molecular weight is 417 g/mol. The van der Waals surface area contributed by atoms with Crippen LogP contribution < -0.4 is 10.1 Å². The Morgan fingerprint density at radius 2 is 1.96 bits per heavy atom. The van der Waals surface area contributed by atoms with Gasteiger partial charge in [-0.25, -0.2) is 9.18 Å². The van der Waals surface area contributed by atoms with E-state index in [1.165, 1.54) is 18.2 Å². The molecule has 2 aromatic carbocycles. The molecule has 2 aromatic rings. The quantitative estimate of drug-likeness (QED) is 0.728. The van der Waals surface area contributed by atoms with E-state index in [0.717, 1.165) is 0 Å². The minimum atomic E-state index is -0.729. The van der Waals surface area contributed by atoms with E-state index in [1.54, 1.807) is 24.3 Å². The van der Waals surface area contributed by atoms with Crippen molar-refractivity contribution < 1.29 is 23.5 Å². The lowest BCUT2D eigenvalue weighted by Crippen LogP contribution is -2.23. The number of ether oxygens (including phenoxy) is 2. The number of anilines is 1. The molecule has 0 bridgehead atoms. The van der Waals surface area contributed by atoms with Gasteiger partial charge < -0.3 is 14.8 Å². The van der Waals surface area contributed by atoms with Gasteiger partial charge in [0.1, 0.15) is 11.6 Å². The van der Waals surface area contributed by atoms with Crippen LogP contribution in [0.15, 0.2) is 46.9 Å². The van der Waals surface area contributed by atoms with Gasteiger partial charge in [0.15, 0.2) is 13.2 Å². The molecule has 0 unspecified atom stereocenters. The fourth-order valence-corrected chi connectivity index (χ4v) is 2.34. The zero-order valence-corrected chi connectivity index (χ0v) is 14.6. The minimum absolute atomic E-state index is 0.289. The largest absolute Gasteiger partial charge is 0.481 e. The monoisotopic (exact) mass is 415 g/mol. The summed E-state index contributed by atoms with van der Waals surface area (Å²) in [6, 6.07) is 10.3. The van der Waals surface area contributed by atoms with Crippen molar-refractivity contribution in [3.8, 4) is 5.75 Å². The predicted octanol–water partition coefficient (Wildman–Crippen LogP) is 3.80. The SMILES string of the molecule is O=C(COC(=O)COc1ccc(F)cc1Br)Nc1cccc(Cl)c1. The van der Waals surface area contributed by atoms with Crippen LogP contribution in [0, 0.1) is 5.82 Å². The summed E-state index contributed by atoms with van der Waals surface area (Å²) < 4.78 is 23.3. The normalized spacial score (nSPS) is 10.1. The van der Waals surface area contributed by atoms with E-state index in [4.69, 9.17) is 21.1 Å². The summed E-state index contributed by atoms with van der Waals surface area (Å²) in [5, 5.41) is 3.01. The highest BCUT2D eigenvalue weighted by atomic mass is 79.9. The Hall–Kier alpha value is -2.12. The minimum Gasteiger partial charge on any atom is -0.481 e. The van der Waals surface area contributed by atoms with Gasteiger partial charge in [-0.2, -0.15) is 0 Å². The summed E-state index contributed by atoms with van der Waals surface area (Å²) in [6.07, 6.45) is 0. The molecule has 8 heteroatoms. The summed E-state index contributed by atoms with van der Waals surface area (Å²) in [7, 11) is 0. The van der Waals surface area contributed by atoms with Crippen LogP contribution in [0.25, 0.3) is 0 Å². The van der Waals surface area contributed by atoms with Gasteiger partial charge >= 0.3 is 5.97 Å². The van der Waals surface area contributed by atoms with Crippen molar-refractivity contribution in [3.05, 3.63) is 57.8 Å². The van der Waals surface area contributed by atoms with E-state index in [-0.39, 0.29) is 5.75 Å². The van der Waals surface area contributed by atoms with Crippen LogP contribution in [-0.2, 0) is 14.3 Å². The van der Waals surface area contributed by atoms with Gasteiger partial charge in [0, 0.05) is 10.7 Å². The summed E-state index contributed by atoms with van der Waals surface area (Å²) in [5.74, 6) is -1.38. The van der Waals surface area contributed by atoms with Crippen molar-refractivity contribution in [2.24, 2.45) is 0 Å². The van der Waals surface area contributed by atoms with Gasteiger partial charge in [-0.3, -0.25) is 4.79 Å². The van der Waals surface area contributed by atoms with Crippen molar-refractivity contribution in [2.45, 2.75) is 0 Å². The third-order valence-electron chi connectivity index (χ3n) is 2.71. The Bertz CT molecular complexity index is 757. The Kier molecular flexibility index (Phi) is 6.57. The number of benzene rings is 2. The first-order chi connectivity index (χ1) is 11.4. The smallest absolute Gasteiger partial charge is 0.344 e. The Morgan fingerprint density at radius 1 is 1.17 bits per heavy atom. The van der Waals surface area contributed by atoms with Gasteiger partial charge in [0.05, 0.1) is 4.47 Å². The lowest BCUT2D eigenvalue weighted by Gasteiger charge is -2.09. The van der Waals surface area contributed by atoms with Crippen LogP contribution in [-0.4, -0.2) is 25.1 Å². The third-order valence-corrected chi connectivity index (χ3v) is 3.57. The molecule has 0 atom stereocenters. The number of rotatable bonds is 6. The van der Waals surface area contributed by atoms with E-state index in [0.29, 0.717) is 15.2 Å². The molecule has 126 valence electrons. The first-order valence-corrected chi connectivity index (χ1v) is 7.90. The second-order valence-electron chi connectivity index (χ2n) is 4.58. The number of carbonyl (C=O) groups excluding carboxylic acids is 2. The number of nitrogens with one attached hydrogen (secondary N) is 1. The molecular weight excluding hydrogens is 405 g/mol. The summed E-state index contributed by atoms with van der Waals surface area (Å²) >= 11 is 8.91. The van der Waals surface area contributed by atoms with Crippen molar-refractivity contribution in [1.29, 1.82) is 0 Å². The molecule has 1 N–H and O–H groups in total. The maximum atomic E-state index is 12.9. The molecular formula is C16H12BrClFNO4. The number of amides is 1. The van der Waals surface area contributed by atoms with E-state index in [9.17, 15) is 14.0 Å². The maximum Gasteiger partial charge on any atom is 0.344 e. The van der Waals surface area contributed by atoms with Crippen LogP contribution in [0.3, 0.4) is 0 Å². The fourth-order valence-electron chi connectivity index (χ4n) is 1.68. The topological polar surface area (TPSA) is 64.6 Å². The molecule has 0 saturated carbocycles. The highest BCUT2D eigenvalue weighted by Gasteiger charge is 2.10. The van der Waals surface area contributed by atoms with Gasteiger partial charge in [0.25, 0.3) is 5.91 Å². The number of esters is 1.